The second kappa shape index (κ2) is 7.43. The molecule has 0 saturated carbocycles. The van der Waals surface area contributed by atoms with Crippen LogP contribution in [-0.2, 0) is 11.5 Å². The number of aromatic carboxylic acids is 1. The summed E-state index contributed by atoms with van der Waals surface area (Å²) in [5.74, 6) is -0.920. The summed E-state index contributed by atoms with van der Waals surface area (Å²) < 4.78 is 7.65. The number of hydrogen-bond acceptors (Lipinski definition) is 3. The van der Waals surface area contributed by atoms with Crippen LogP contribution in [0.5, 0.6) is 0 Å². The number of benzene rings is 2. The molecule has 2 aromatic carbocycles. The summed E-state index contributed by atoms with van der Waals surface area (Å²) in [6.07, 6.45) is 1.82. The van der Waals surface area contributed by atoms with E-state index in [1.165, 1.54) is 0 Å². The summed E-state index contributed by atoms with van der Waals surface area (Å²) >= 11 is 0. The van der Waals surface area contributed by atoms with E-state index in [0.29, 0.717) is 6.73 Å². The third-order valence-corrected chi connectivity index (χ3v) is 6.00. The van der Waals surface area contributed by atoms with Crippen molar-refractivity contribution in [3.05, 3.63) is 54.2 Å². The third-order valence-electron chi connectivity index (χ3n) is 4.29. The van der Waals surface area contributed by atoms with Crippen LogP contribution in [0.1, 0.15) is 10.4 Å². The predicted octanol–water partition coefficient (Wildman–Crippen LogP) is 4.71. The van der Waals surface area contributed by atoms with Gasteiger partial charge in [-0.1, -0.05) is 37.8 Å². The minimum atomic E-state index is -1.09. The number of carboxylic acids is 1. The lowest BCUT2D eigenvalue weighted by molar-refractivity contribution is 0.0697. The monoisotopic (exact) mass is 368 g/mol. The highest BCUT2D eigenvalue weighted by Gasteiger charge is 2.12. The summed E-state index contributed by atoms with van der Waals surface area (Å²) in [5.41, 5.74) is 3.15. The molecule has 0 aliphatic carbocycles. The van der Waals surface area contributed by atoms with Crippen molar-refractivity contribution in [1.29, 1.82) is 0 Å². The van der Waals surface area contributed by atoms with Gasteiger partial charge in [-0.05, 0) is 41.4 Å². The molecule has 0 amide bonds. The molecule has 1 aromatic heterocycles. The molecular weight excluding hydrogens is 344 g/mol. The van der Waals surface area contributed by atoms with Gasteiger partial charge in [-0.2, -0.15) is 5.10 Å². The number of nitrogens with zero attached hydrogens (tertiary/aromatic N) is 2. The summed E-state index contributed by atoms with van der Waals surface area (Å²) in [5, 5.41) is 14.6. The minimum absolute atomic E-state index is 0.286. The molecule has 0 unspecified atom stereocenters. The molecule has 0 bridgehead atoms. The first-order chi connectivity index (χ1) is 12.3. The average Bonchev–Trinajstić information content (AvgIpc) is 3.00. The van der Waals surface area contributed by atoms with E-state index >= 15 is 0 Å². The third kappa shape index (κ3) is 4.39. The molecule has 1 heterocycles. The zero-order chi connectivity index (χ0) is 18.7. The van der Waals surface area contributed by atoms with Gasteiger partial charge in [-0.15, -0.1) is 0 Å². The van der Waals surface area contributed by atoms with Gasteiger partial charge in [-0.3, -0.25) is 0 Å². The molecule has 0 fully saturated rings. The second-order valence-electron chi connectivity index (χ2n) is 7.65. The zero-order valence-electron chi connectivity index (χ0n) is 15.4. The first-order valence-electron chi connectivity index (χ1n) is 8.70. The Kier molecular flexibility index (Phi) is 5.25. The Morgan fingerprint density at radius 2 is 1.92 bits per heavy atom. The SMILES string of the molecule is C[Si](C)(C)CCOCn1ncc2cc(-c3cccc(C(=O)O)c3)ccc21. The summed E-state index contributed by atoms with van der Waals surface area (Å²) in [7, 11) is -1.09. The number of fused-ring (bicyclic) bond motifs is 1. The standard InChI is InChI=1S/C20H24N2O3Si/c1-26(2,3)10-9-25-14-22-19-8-7-16(12-18(19)13-21-22)15-5-4-6-17(11-15)20(23)24/h4-8,11-13H,9-10,14H2,1-3H3,(H,23,24). The second-order valence-corrected chi connectivity index (χ2v) is 13.3. The molecule has 5 nitrogen and oxygen atoms in total. The maximum absolute atomic E-state index is 11.2. The zero-order valence-corrected chi connectivity index (χ0v) is 16.4. The topological polar surface area (TPSA) is 64.4 Å². The molecule has 26 heavy (non-hydrogen) atoms. The van der Waals surface area contributed by atoms with Crippen LogP contribution in [0.4, 0.5) is 0 Å². The van der Waals surface area contributed by atoms with E-state index in [4.69, 9.17) is 9.84 Å². The summed E-state index contributed by atoms with van der Waals surface area (Å²) in [6, 6.07) is 14.1. The Morgan fingerprint density at radius 1 is 1.15 bits per heavy atom. The fourth-order valence-electron chi connectivity index (χ4n) is 2.73. The van der Waals surface area contributed by atoms with Crippen molar-refractivity contribution in [3.63, 3.8) is 0 Å². The van der Waals surface area contributed by atoms with Crippen molar-refractivity contribution in [3.8, 4) is 11.1 Å². The Hall–Kier alpha value is -2.44. The van der Waals surface area contributed by atoms with Crippen molar-refractivity contribution in [2.45, 2.75) is 32.4 Å². The Morgan fingerprint density at radius 3 is 2.65 bits per heavy atom. The van der Waals surface area contributed by atoms with E-state index in [9.17, 15) is 4.79 Å². The van der Waals surface area contributed by atoms with E-state index in [0.717, 1.165) is 34.7 Å². The number of aromatic nitrogens is 2. The first kappa shape index (κ1) is 18.4. The van der Waals surface area contributed by atoms with Gasteiger partial charge in [0.2, 0.25) is 0 Å². The van der Waals surface area contributed by atoms with Gasteiger partial charge in [0.1, 0.15) is 6.73 Å². The molecule has 0 aliphatic heterocycles. The molecule has 6 heteroatoms. The Bertz CT molecular complexity index is 928. The fourth-order valence-corrected chi connectivity index (χ4v) is 3.49. The van der Waals surface area contributed by atoms with Gasteiger partial charge < -0.3 is 9.84 Å². The van der Waals surface area contributed by atoms with Crippen LogP contribution in [0.15, 0.2) is 48.7 Å². The Balaban J connectivity index is 1.77. The van der Waals surface area contributed by atoms with Crippen molar-refractivity contribution < 1.29 is 14.6 Å². The average molecular weight is 369 g/mol. The molecule has 136 valence electrons. The number of carboxylic acid groups (broad SMARTS) is 1. The number of rotatable bonds is 7. The van der Waals surface area contributed by atoms with E-state index in [-0.39, 0.29) is 5.56 Å². The fraction of sp³-hybridized carbons (Fsp3) is 0.300. The van der Waals surface area contributed by atoms with E-state index in [1.807, 2.05) is 35.1 Å². The quantitative estimate of drug-likeness (QED) is 0.484. The summed E-state index contributed by atoms with van der Waals surface area (Å²) in [6.45, 7) is 8.21. The van der Waals surface area contributed by atoms with Crippen LogP contribution < -0.4 is 0 Å². The maximum atomic E-state index is 11.2. The van der Waals surface area contributed by atoms with Gasteiger partial charge >= 0.3 is 5.97 Å². The number of hydrogen-bond donors (Lipinski definition) is 1. The van der Waals surface area contributed by atoms with Crippen LogP contribution in [0.25, 0.3) is 22.0 Å². The van der Waals surface area contributed by atoms with E-state index in [1.54, 1.807) is 18.2 Å². The van der Waals surface area contributed by atoms with Crippen LogP contribution in [-0.4, -0.2) is 35.5 Å². The highest BCUT2D eigenvalue weighted by atomic mass is 28.3. The molecule has 0 radical (unpaired) electrons. The number of ether oxygens (including phenoxy) is 1. The molecule has 0 saturated heterocycles. The molecule has 1 N–H and O–H groups in total. The van der Waals surface area contributed by atoms with E-state index < -0.39 is 14.0 Å². The lowest BCUT2D eigenvalue weighted by Gasteiger charge is -2.15. The minimum Gasteiger partial charge on any atom is -0.478 e. The van der Waals surface area contributed by atoms with Gasteiger partial charge in [-0.25, -0.2) is 9.48 Å². The normalized spacial score (nSPS) is 11.8. The number of carbonyl (C=O) groups is 1. The van der Waals surface area contributed by atoms with Crippen molar-refractivity contribution in [2.75, 3.05) is 6.61 Å². The molecular formula is C20H24N2O3Si. The lowest BCUT2D eigenvalue weighted by atomic mass is 10.0. The van der Waals surface area contributed by atoms with Crippen molar-refractivity contribution in [2.24, 2.45) is 0 Å². The van der Waals surface area contributed by atoms with Crippen LogP contribution in [0.2, 0.25) is 25.7 Å². The molecule has 0 spiro atoms. The Labute approximate surface area is 154 Å². The smallest absolute Gasteiger partial charge is 0.335 e. The summed E-state index contributed by atoms with van der Waals surface area (Å²) in [4.78, 5) is 11.2. The van der Waals surface area contributed by atoms with Gasteiger partial charge in [0, 0.05) is 20.1 Å². The van der Waals surface area contributed by atoms with E-state index in [2.05, 4.69) is 24.7 Å². The van der Waals surface area contributed by atoms with Crippen molar-refractivity contribution >= 4 is 24.9 Å². The molecule has 3 aromatic rings. The molecule has 0 aliphatic rings. The first-order valence-corrected chi connectivity index (χ1v) is 12.4. The van der Waals surface area contributed by atoms with Crippen molar-refractivity contribution in [1.82, 2.24) is 9.78 Å². The van der Waals surface area contributed by atoms with Gasteiger partial charge in [0.25, 0.3) is 0 Å². The molecule has 3 rings (SSSR count). The highest BCUT2D eigenvalue weighted by molar-refractivity contribution is 6.76. The van der Waals surface area contributed by atoms with Crippen LogP contribution >= 0.6 is 0 Å². The lowest BCUT2D eigenvalue weighted by Crippen LogP contribution is -2.22. The maximum Gasteiger partial charge on any atom is 0.335 e. The van der Waals surface area contributed by atoms with Crippen LogP contribution in [0, 0.1) is 0 Å². The predicted molar refractivity (Wildman–Crippen MR) is 106 cm³/mol. The largest absolute Gasteiger partial charge is 0.478 e. The molecule has 0 atom stereocenters. The highest BCUT2D eigenvalue weighted by Crippen LogP contribution is 2.25. The van der Waals surface area contributed by atoms with Gasteiger partial charge in [0.15, 0.2) is 0 Å². The van der Waals surface area contributed by atoms with Crippen LogP contribution in [0.3, 0.4) is 0 Å². The van der Waals surface area contributed by atoms with Gasteiger partial charge in [0.05, 0.1) is 17.3 Å².